The van der Waals surface area contributed by atoms with Crippen LogP contribution in [0.25, 0.3) is 6.08 Å². The van der Waals surface area contributed by atoms with Gasteiger partial charge in [-0.3, -0.25) is 19.8 Å². The summed E-state index contributed by atoms with van der Waals surface area (Å²) in [7, 11) is 0. The van der Waals surface area contributed by atoms with Crippen LogP contribution in [-0.4, -0.2) is 15.2 Å². The van der Waals surface area contributed by atoms with E-state index in [1.807, 2.05) is 0 Å². The van der Waals surface area contributed by atoms with Gasteiger partial charge in [-0.1, -0.05) is 47.7 Å². The fourth-order valence-corrected chi connectivity index (χ4v) is 4.57. The summed E-state index contributed by atoms with van der Waals surface area (Å²) in [6, 6.07) is 14.9. The molecular weight excluding hydrogens is 525 g/mol. The Balaban J connectivity index is 1.59. The second-order valence-corrected chi connectivity index (χ2v) is 9.22. The number of amides is 1. The average molecular weight is 537 g/mol. The van der Waals surface area contributed by atoms with Crippen molar-refractivity contribution in [2.75, 3.05) is 4.90 Å². The van der Waals surface area contributed by atoms with Gasteiger partial charge >= 0.3 is 11.9 Å². The van der Waals surface area contributed by atoms with Crippen molar-refractivity contribution < 1.29 is 27.6 Å². The fraction of sp³-hybridized carbons (Fsp3) is 0.0435. The number of hydrogen-bond acceptors (Lipinski definition) is 6. The van der Waals surface area contributed by atoms with Gasteiger partial charge in [-0.15, -0.1) is 0 Å². The Hall–Kier alpha value is -3.41. The van der Waals surface area contributed by atoms with Crippen molar-refractivity contribution in [2.24, 2.45) is 0 Å². The summed E-state index contributed by atoms with van der Waals surface area (Å²) in [5.41, 5.74) is -0.900. The number of carbonyl (C=O) groups is 1. The van der Waals surface area contributed by atoms with E-state index in [4.69, 9.17) is 28.6 Å². The molecule has 0 N–H and O–H groups in total. The molecule has 4 rings (SSSR count). The first kappa shape index (κ1) is 24.7. The molecule has 6 nitrogen and oxygen atoms in total. The van der Waals surface area contributed by atoms with Gasteiger partial charge in [0.1, 0.15) is 5.75 Å². The third kappa shape index (κ3) is 5.47. The molecule has 178 valence electrons. The number of benzene rings is 3. The molecule has 0 atom stereocenters. The predicted molar refractivity (Wildman–Crippen MR) is 132 cm³/mol. The third-order valence-electron chi connectivity index (χ3n) is 4.75. The summed E-state index contributed by atoms with van der Waals surface area (Å²) >= 11 is 12.3. The minimum atomic E-state index is -4.73. The summed E-state index contributed by atoms with van der Waals surface area (Å²) in [6.45, 7) is 0. The van der Waals surface area contributed by atoms with E-state index in [0.717, 1.165) is 17.8 Å². The third-order valence-corrected chi connectivity index (χ3v) is 6.30. The van der Waals surface area contributed by atoms with E-state index >= 15 is 0 Å². The molecule has 1 aliphatic heterocycles. The van der Waals surface area contributed by atoms with Gasteiger partial charge in [0.15, 0.2) is 4.32 Å². The van der Waals surface area contributed by atoms with Crippen LogP contribution in [0.15, 0.2) is 71.6 Å². The zero-order valence-corrected chi connectivity index (χ0v) is 19.7. The Labute approximate surface area is 211 Å². The number of nitrogens with zero attached hydrogens (tertiary/aromatic N) is 2. The summed E-state index contributed by atoms with van der Waals surface area (Å²) in [6.07, 6.45) is -3.16. The molecular formula is C23H12ClF3N2O4S2. The molecule has 0 spiro atoms. The summed E-state index contributed by atoms with van der Waals surface area (Å²) in [5, 5.41) is 11.8. The number of alkyl halides is 3. The Morgan fingerprint density at radius 2 is 1.80 bits per heavy atom. The highest BCUT2D eigenvalue weighted by atomic mass is 35.5. The second kappa shape index (κ2) is 9.68. The highest BCUT2D eigenvalue weighted by Gasteiger charge is 2.34. The Kier molecular flexibility index (Phi) is 6.84. The molecule has 0 bridgehead atoms. The first-order valence-corrected chi connectivity index (χ1v) is 11.3. The normalized spacial score (nSPS) is 15.1. The molecule has 1 heterocycles. The Morgan fingerprint density at radius 3 is 2.46 bits per heavy atom. The molecule has 0 unspecified atom stereocenters. The molecule has 1 saturated heterocycles. The predicted octanol–water partition coefficient (Wildman–Crippen LogP) is 7.47. The van der Waals surface area contributed by atoms with E-state index in [2.05, 4.69) is 0 Å². The monoisotopic (exact) mass is 536 g/mol. The minimum Gasteiger partial charge on any atom is -0.450 e. The van der Waals surface area contributed by atoms with Gasteiger partial charge in [-0.25, -0.2) is 0 Å². The van der Waals surface area contributed by atoms with Crippen molar-refractivity contribution in [1.82, 2.24) is 0 Å². The summed E-state index contributed by atoms with van der Waals surface area (Å²) in [5.74, 6) is -0.559. The van der Waals surface area contributed by atoms with E-state index < -0.39 is 22.4 Å². The minimum absolute atomic E-state index is 0.134. The van der Waals surface area contributed by atoms with Crippen molar-refractivity contribution >= 4 is 63.3 Å². The highest BCUT2D eigenvalue weighted by molar-refractivity contribution is 8.27. The van der Waals surface area contributed by atoms with Crippen molar-refractivity contribution in [3.63, 3.8) is 0 Å². The number of thiocarbonyl (C=S) groups is 1. The van der Waals surface area contributed by atoms with Crippen LogP contribution in [0, 0.1) is 10.1 Å². The first-order chi connectivity index (χ1) is 16.5. The van der Waals surface area contributed by atoms with E-state index in [1.165, 1.54) is 17.0 Å². The molecule has 12 heteroatoms. The van der Waals surface area contributed by atoms with Gasteiger partial charge < -0.3 is 4.74 Å². The lowest BCUT2D eigenvalue weighted by atomic mass is 10.1. The molecule has 0 aromatic heterocycles. The van der Waals surface area contributed by atoms with Crippen LogP contribution in [0.3, 0.4) is 0 Å². The number of rotatable bonds is 5. The van der Waals surface area contributed by atoms with Crippen LogP contribution in [0.5, 0.6) is 11.5 Å². The highest BCUT2D eigenvalue weighted by Crippen LogP contribution is 2.39. The van der Waals surface area contributed by atoms with Gasteiger partial charge in [0.05, 0.1) is 21.1 Å². The van der Waals surface area contributed by atoms with Crippen LogP contribution in [0.4, 0.5) is 24.5 Å². The molecule has 3 aromatic carbocycles. The summed E-state index contributed by atoms with van der Waals surface area (Å²) in [4.78, 5) is 25.0. The fourth-order valence-electron chi connectivity index (χ4n) is 3.15. The smallest absolute Gasteiger partial charge is 0.416 e. The van der Waals surface area contributed by atoms with Crippen molar-refractivity contribution in [2.45, 2.75) is 6.18 Å². The zero-order valence-electron chi connectivity index (χ0n) is 17.3. The molecule has 1 fully saturated rings. The number of ether oxygens (including phenoxy) is 1. The second-order valence-electron chi connectivity index (χ2n) is 7.11. The number of thioether (sulfide) groups is 1. The van der Waals surface area contributed by atoms with E-state index in [1.54, 1.807) is 42.5 Å². The quantitative estimate of drug-likeness (QED) is 0.146. The SMILES string of the molecule is O=C1/C(=C/c2cccc(Oc3ccc(C(F)(F)F)cc3[N+](=O)[O-])c2)SC(=S)N1c1ccc(Cl)cc1. The molecule has 0 saturated carbocycles. The lowest BCUT2D eigenvalue weighted by molar-refractivity contribution is -0.385. The Morgan fingerprint density at radius 1 is 1.09 bits per heavy atom. The van der Waals surface area contributed by atoms with Crippen molar-refractivity contribution in [3.8, 4) is 11.5 Å². The number of nitro benzene ring substituents is 1. The van der Waals surface area contributed by atoms with Gasteiger partial charge in [-0.2, -0.15) is 13.2 Å². The zero-order chi connectivity index (χ0) is 25.3. The Bertz CT molecular complexity index is 1380. The standard InChI is InChI=1S/C23H12ClF3N2O4S2/c24-15-5-7-16(8-6-15)28-21(30)20(35-22(28)34)11-13-2-1-3-17(10-13)33-19-9-4-14(23(25,26)27)12-18(19)29(31)32/h1-12H/b20-11-. The topological polar surface area (TPSA) is 72.7 Å². The van der Waals surface area contributed by atoms with Crippen LogP contribution in [0.2, 0.25) is 5.02 Å². The maximum Gasteiger partial charge on any atom is 0.416 e. The molecule has 0 radical (unpaired) electrons. The number of carbonyl (C=O) groups excluding carboxylic acids is 1. The van der Waals surface area contributed by atoms with Gasteiger partial charge in [0.25, 0.3) is 5.91 Å². The summed E-state index contributed by atoms with van der Waals surface area (Å²) < 4.78 is 44.6. The average Bonchev–Trinajstić information content (AvgIpc) is 3.06. The van der Waals surface area contributed by atoms with Crippen LogP contribution >= 0.6 is 35.6 Å². The van der Waals surface area contributed by atoms with E-state index in [-0.39, 0.29) is 17.4 Å². The lowest BCUT2D eigenvalue weighted by Crippen LogP contribution is -2.27. The van der Waals surface area contributed by atoms with Crippen LogP contribution in [0.1, 0.15) is 11.1 Å². The molecule has 1 amide bonds. The largest absolute Gasteiger partial charge is 0.450 e. The first-order valence-electron chi connectivity index (χ1n) is 9.70. The van der Waals surface area contributed by atoms with Crippen LogP contribution in [-0.2, 0) is 11.0 Å². The van der Waals surface area contributed by atoms with Gasteiger partial charge in [-0.05, 0) is 60.2 Å². The molecule has 3 aromatic rings. The van der Waals surface area contributed by atoms with E-state index in [9.17, 15) is 28.1 Å². The van der Waals surface area contributed by atoms with Crippen molar-refractivity contribution in [3.05, 3.63) is 97.9 Å². The number of hydrogen-bond donors (Lipinski definition) is 0. The molecule has 35 heavy (non-hydrogen) atoms. The van der Waals surface area contributed by atoms with E-state index in [0.29, 0.717) is 37.6 Å². The van der Waals surface area contributed by atoms with Crippen LogP contribution < -0.4 is 9.64 Å². The maximum atomic E-state index is 12.9. The maximum absolute atomic E-state index is 12.9. The van der Waals surface area contributed by atoms with Gasteiger partial charge in [0.2, 0.25) is 5.75 Å². The molecule has 0 aliphatic carbocycles. The van der Waals surface area contributed by atoms with Crippen molar-refractivity contribution in [1.29, 1.82) is 0 Å². The van der Waals surface area contributed by atoms with Gasteiger partial charge in [0, 0.05) is 11.1 Å². The number of nitro groups is 1. The molecule has 1 aliphatic rings. The number of anilines is 1. The lowest BCUT2D eigenvalue weighted by Gasteiger charge is -2.14. The number of halogens is 4.